The van der Waals surface area contributed by atoms with Crippen molar-refractivity contribution in [3.8, 4) is 0 Å². The Labute approximate surface area is 229 Å². The van der Waals surface area contributed by atoms with Gasteiger partial charge in [-0.05, 0) is 119 Å². The smallest absolute Gasteiger partial charge is 0.335 e. The Balaban J connectivity index is 1.58. The summed E-state index contributed by atoms with van der Waals surface area (Å²) < 4.78 is 12.4. The van der Waals surface area contributed by atoms with Gasteiger partial charge in [0, 0.05) is 24.7 Å². The lowest BCUT2D eigenvalue weighted by Crippen LogP contribution is -2.40. The molecule has 0 saturated carbocycles. The third-order valence-corrected chi connectivity index (χ3v) is 7.85. The number of rotatable bonds is 7. The molecule has 1 fully saturated rings. The van der Waals surface area contributed by atoms with Crippen molar-refractivity contribution in [2.75, 3.05) is 26.3 Å². The summed E-state index contributed by atoms with van der Waals surface area (Å²) in [5.74, 6) is -0.899. The van der Waals surface area contributed by atoms with Gasteiger partial charge in [0.1, 0.15) is 0 Å². The summed E-state index contributed by atoms with van der Waals surface area (Å²) in [6.07, 6.45) is 5.51. The first-order chi connectivity index (χ1) is 18.3. The van der Waals surface area contributed by atoms with Crippen LogP contribution in [0.15, 0.2) is 60.2 Å². The standard InChI is InChI=1S/C33H33ClFNO2/c1-21-15-28(34)16-22(2)31(21)30-6-3-5-26-18-27(33(37)38)11-12-29(26)32(30)25-9-7-23(8-10-25)17-24-19-36(20-24)14-4-13-35/h7-12,15-18H,3-6,13-14,19-20H2,1-2H3,(H,37,38). The number of hydrogen-bond donors (Lipinski definition) is 1. The van der Waals surface area contributed by atoms with Crippen molar-refractivity contribution in [2.24, 2.45) is 0 Å². The highest BCUT2D eigenvalue weighted by atomic mass is 35.5. The van der Waals surface area contributed by atoms with Gasteiger partial charge in [-0.25, -0.2) is 4.79 Å². The van der Waals surface area contributed by atoms with Crippen LogP contribution in [0, 0.1) is 13.8 Å². The van der Waals surface area contributed by atoms with Crippen LogP contribution in [0.1, 0.15) is 68.6 Å². The lowest BCUT2D eigenvalue weighted by atomic mass is 9.84. The molecule has 1 aliphatic carbocycles. The third-order valence-electron chi connectivity index (χ3n) is 7.63. The molecule has 5 rings (SSSR count). The molecule has 2 aliphatic rings. The van der Waals surface area contributed by atoms with Crippen LogP contribution >= 0.6 is 11.6 Å². The van der Waals surface area contributed by atoms with Gasteiger partial charge in [-0.1, -0.05) is 48.0 Å². The number of benzene rings is 3. The zero-order valence-electron chi connectivity index (χ0n) is 22.0. The highest BCUT2D eigenvalue weighted by Gasteiger charge is 2.24. The van der Waals surface area contributed by atoms with Gasteiger partial charge in [0.05, 0.1) is 12.2 Å². The molecule has 1 heterocycles. The van der Waals surface area contributed by atoms with E-state index >= 15 is 0 Å². The largest absolute Gasteiger partial charge is 0.478 e. The first kappa shape index (κ1) is 26.4. The minimum Gasteiger partial charge on any atom is -0.478 e. The zero-order chi connectivity index (χ0) is 26.8. The van der Waals surface area contributed by atoms with E-state index in [1.165, 1.54) is 22.3 Å². The van der Waals surface area contributed by atoms with Crippen LogP contribution in [0.4, 0.5) is 4.39 Å². The molecule has 3 aromatic carbocycles. The summed E-state index contributed by atoms with van der Waals surface area (Å²) in [5.41, 5.74) is 12.1. The van der Waals surface area contributed by atoms with Crippen LogP contribution in [-0.2, 0) is 6.42 Å². The second-order valence-corrected chi connectivity index (χ2v) is 10.9. The maximum atomic E-state index is 12.4. The summed E-state index contributed by atoms with van der Waals surface area (Å²) in [5, 5.41) is 10.3. The summed E-state index contributed by atoms with van der Waals surface area (Å²) in [7, 11) is 0. The maximum Gasteiger partial charge on any atom is 0.335 e. The lowest BCUT2D eigenvalue weighted by molar-refractivity contribution is 0.0696. The molecule has 0 bridgehead atoms. The Kier molecular flexibility index (Phi) is 7.83. The van der Waals surface area contributed by atoms with Crippen molar-refractivity contribution in [2.45, 2.75) is 39.5 Å². The minimum atomic E-state index is -0.899. The second kappa shape index (κ2) is 11.3. The van der Waals surface area contributed by atoms with E-state index in [-0.39, 0.29) is 6.67 Å². The van der Waals surface area contributed by atoms with Gasteiger partial charge < -0.3 is 5.11 Å². The molecule has 3 nitrogen and oxygen atoms in total. The van der Waals surface area contributed by atoms with Gasteiger partial charge in [-0.15, -0.1) is 0 Å². The molecule has 0 spiro atoms. The number of fused-ring (bicyclic) bond motifs is 1. The summed E-state index contributed by atoms with van der Waals surface area (Å²) in [6.45, 7) is 6.60. The fourth-order valence-electron chi connectivity index (χ4n) is 5.93. The molecule has 0 radical (unpaired) electrons. The van der Waals surface area contributed by atoms with Gasteiger partial charge in [-0.2, -0.15) is 0 Å². The van der Waals surface area contributed by atoms with Crippen molar-refractivity contribution < 1.29 is 14.3 Å². The third kappa shape index (κ3) is 5.48. The summed E-state index contributed by atoms with van der Waals surface area (Å²) in [4.78, 5) is 14.0. The molecular formula is C33H33ClFNO2. The molecule has 3 aromatic rings. The quantitative estimate of drug-likeness (QED) is 0.337. The molecule has 5 heteroatoms. The number of nitrogens with zero attached hydrogens (tertiary/aromatic N) is 1. The van der Waals surface area contributed by atoms with Crippen LogP contribution in [0.25, 0.3) is 17.2 Å². The number of carboxylic acids is 1. The number of aryl methyl sites for hydroxylation is 3. The average Bonchev–Trinajstić information content (AvgIpc) is 3.04. The average molecular weight is 530 g/mol. The first-order valence-electron chi connectivity index (χ1n) is 13.3. The molecular weight excluding hydrogens is 497 g/mol. The van der Waals surface area contributed by atoms with Crippen LogP contribution in [0.3, 0.4) is 0 Å². The van der Waals surface area contributed by atoms with E-state index in [9.17, 15) is 14.3 Å². The monoisotopic (exact) mass is 529 g/mol. The minimum absolute atomic E-state index is 0.259. The molecule has 0 aromatic heterocycles. The molecule has 0 amide bonds. The van der Waals surface area contributed by atoms with Gasteiger partial charge in [-0.3, -0.25) is 9.29 Å². The van der Waals surface area contributed by atoms with Gasteiger partial charge in [0.25, 0.3) is 0 Å². The van der Waals surface area contributed by atoms with Gasteiger partial charge in [0.15, 0.2) is 0 Å². The van der Waals surface area contributed by atoms with Crippen LogP contribution in [0.2, 0.25) is 5.02 Å². The number of alkyl halides is 1. The Bertz CT molecular complexity index is 1410. The van der Waals surface area contributed by atoms with E-state index in [0.29, 0.717) is 12.0 Å². The zero-order valence-corrected chi connectivity index (χ0v) is 22.7. The maximum absolute atomic E-state index is 12.4. The number of allylic oxidation sites excluding steroid dienone is 1. The second-order valence-electron chi connectivity index (χ2n) is 10.5. The summed E-state index contributed by atoms with van der Waals surface area (Å²) in [6, 6.07) is 18.3. The van der Waals surface area contributed by atoms with Crippen molar-refractivity contribution in [1.29, 1.82) is 0 Å². The van der Waals surface area contributed by atoms with Crippen molar-refractivity contribution in [3.05, 3.63) is 110 Å². The molecule has 196 valence electrons. The van der Waals surface area contributed by atoms with Gasteiger partial charge in [0.2, 0.25) is 0 Å². The van der Waals surface area contributed by atoms with E-state index in [1.807, 2.05) is 24.3 Å². The van der Waals surface area contributed by atoms with E-state index < -0.39 is 5.97 Å². The van der Waals surface area contributed by atoms with Gasteiger partial charge >= 0.3 is 5.97 Å². The molecule has 1 N–H and O–H groups in total. The Morgan fingerprint density at radius 3 is 2.39 bits per heavy atom. The predicted octanol–water partition coefficient (Wildman–Crippen LogP) is 8.01. The van der Waals surface area contributed by atoms with E-state index in [1.54, 1.807) is 6.07 Å². The van der Waals surface area contributed by atoms with Crippen LogP contribution in [0.5, 0.6) is 0 Å². The molecule has 1 saturated heterocycles. The fourth-order valence-corrected chi connectivity index (χ4v) is 6.26. The Morgan fingerprint density at radius 2 is 1.74 bits per heavy atom. The Hall–Kier alpha value is -3.21. The SMILES string of the molecule is Cc1cc(Cl)cc(C)c1C1=C(c2ccc(C=C3CN(CCCF)C3)cc2)c2ccc(C(=O)O)cc2CCC1. The fraction of sp³-hybridized carbons (Fsp3) is 0.303. The number of likely N-dealkylation sites (tertiary alicyclic amines) is 1. The van der Waals surface area contributed by atoms with Crippen molar-refractivity contribution in [3.63, 3.8) is 0 Å². The highest BCUT2D eigenvalue weighted by Crippen LogP contribution is 2.42. The van der Waals surface area contributed by atoms with Crippen LogP contribution in [-0.4, -0.2) is 42.3 Å². The number of aromatic carboxylic acids is 1. The predicted molar refractivity (Wildman–Crippen MR) is 155 cm³/mol. The molecule has 0 unspecified atom stereocenters. The van der Waals surface area contributed by atoms with Crippen molar-refractivity contribution in [1.82, 2.24) is 4.90 Å². The first-order valence-corrected chi connectivity index (χ1v) is 13.7. The summed E-state index contributed by atoms with van der Waals surface area (Å²) >= 11 is 6.39. The molecule has 1 aliphatic heterocycles. The van der Waals surface area contributed by atoms with E-state index in [0.717, 1.165) is 77.3 Å². The van der Waals surface area contributed by atoms with Crippen LogP contribution < -0.4 is 0 Å². The lowest BCUT2D eigenvalue weighted by Gasteiger charge is -2.33. The van der Waals surface area contributed by atoms with Crippen molar-refractivity contribution >= 4 is 34.8 Å². The number of carbonyl (C=O) groups is 1. The topological polar surface area (TPSA) is 40.5 Å². The Morgan fingerprint density at radius 1 is 1.03 bits per heavy atom. The number of carboxylic acid groups (broad SMARTS) is 1. The normalized spacial score (nSPS) is 15.6. The highest BCUT2D eigenvalue weighted by molar-refractivity contribution is 6.30. The van der Waals surface area contributed by atoms with E-state index in [2.05, 4.69) is 49.1 Å². The molecule has 0 atom stereocenters. The van der Waals surface area contributed by atoms with E-state index in [4.69, 9.17) is 11.6 Å². The number of hydrogen-bond acceptors (Lipinski definition) is 2. The molecule has 38 heavy (non-hydrogen) atoms. The number of halogens is 2.